The molecule has 4 nitrogen and oxygen atoms in total. The molecule has 1 aliphatic rings. The maximum Gasteiger partial charge on any atom is 0.186 e. The first-order chi connectivity index (χ1) is 8.98. The fraction of sp³-hybridized carbons (Fsp3) is 0.714. The summed E-state index contributed by atoms with van der Waals surface area (Å²) in [6.07, 6.45) is 3.87. The molecule has 0 spiro atoms. The van der Waals surface area contributed by atoms with E-state index in [2.05, 4.69) is 16.9 Å². The van der Waals surface area contributed by atoms with Crippen LogP contribution in [-0.2, 0) is 10.3 Å². The van der Waals surface area contributed by atoms with Gasteiger partial charge in [0.1, 0.15) is 5.60 Å². The van der Waals surface area contributed by atoms with Crippen molar-refractivity contribution < 1.29 is 9.13 Å². The smallest absolute Gasteiger partial charge is 0.186 e. The quantitative estimate of drug-likeness (QED) is 0.914. The fourth-order valence-corrected chi connectivity index (χ4v) is 2.72. The van der Waals surface area contributed by atoms with Gasteiger partial charge in [-0.2, -0.15) is 0 Å². The average molecular weight is 267 g/mol. The van der Waals surface area contributed by atoms with Crippen LogP contribution >= 0.6 is 0 Å². The van der Waals surface area contributed by atoms with Crippen molar-refractivity contribution >= 4 is 5.82 Å². The summed E-state index contributed by atoms with van der Waals surface area (Å²) in [6, 6.07) is 0. The number of aromatic nitrogens is 2. The van der Waals surface area contributed by atoms with Gasteiger partial charge in [0.15, 0.2) is 17.5 Å². The molecule has 5 heteroatoms. The summed E-state index contributed by atoms with van der Waals surface area (Å²) in [7, 11) is 0. The molecule has 1 fully saturated rings. The second-order valence-electron chi connectivity index (χ2n) is 5.44. The molecule has 1 aliphatic carbocycles. The Kier molecular flexibility index (Phi) is 4.04. The van der Waals surface area contributed by atoms with Gasteiger partial charge in [0.05, 0.1) is 5.69 Å². The molecule has 0 amide bonds. The lowest BCUT2D eigenvalue weighted by Crippen LogP contribution is -2.36. The van der Waals surface area contributed by atoms with Crippen LogP contribution < -0.4 is 5.73 Å². The molecule has 0 radical (unpaired) electrons. The zero-order valence-electron chi connectivity index (χ0n) is 11.9. The Morgan fingerprint density at radius 1 is 1.37 bits per heavy atom. The van der Waals surface area contributed by atoms with Crippen molar-refractivity contribution in [3.63, 3.8) is 0 Å². The lowest BCUT2D eigenvalue weighted by Gasteiger charge is -2.38. The van der Waals surface area contributed by atoms with Gasteiger partial charge in [0.25, 0.3) is 0 Å². The van der Waals surface area contributed by atoms with Gasteiger partial charge in [-0.15, -0.1) is 0 Å². The molecule has 106 valence electrons. The highest BCUT2D eigenvalue weighted by atomic mass is 19.1. The molecular weight excluding hydrogens is 245 g/mol. The SMILES string of the molecule is CCOC1(c2nc(C)c(F)c(N)n2)CCC(C)CC1. The molecule has 1 aromatic heterocycles. The number of rotatable bonds is 3. The van der Waals surface area contributed by atoms with E-state index in [-0.39, 0.29) is 5.82 Å². The normalized spacial score (nSPS) is 27.5. The van der Waals surface area contributed by atoms with Gasteiger partial charge in [0.2, 0.25) is 0 Å². The van der Waals surface area contributed by atoms with Crippen molar-refractivity contribution in [2.75, 3.05) is 12.3 Å². The molecule has 1 saturated carbocycles. The van der Waals surface area contributed by atoms with E-state index in [0.717, 1.165) is 25.7 Å². The van der Waals surface area contributed by atoms with Crippen LogP contribution in [0.15, 0.2) is 0 Å². The Hall–Kier alpha value is -1.23. The van der Waals surface area contributed by atoms with Crippen molar-refractivity contribution in [3.05, 3.63) is 17.3 Å². The van der Waals surface area contributed by atoms with Crippen molar-refractivity contribution in [2.24, 2.45) is 5.92 Å². The minimum absolute atomic E-state index is 0.0831. The number of ether oxygens (including phenoxy) is 1. The van der Waals surface area contributed by atoms with E-state index in [1.807, 2.05) is 6.92 Å². The Balaban J connectivity index is 2.39. The van der Waals surface area contributed by atoms with Crippen LogP contribution in [0.3, 0.4) is 0 Å². The first kappa shape index (κ1) is 14.2. The van der Waals surface area contributed by atoms with Crippen molar-refractivity contribution in [2.45, 2.75) is 52.1 Å². The third kappa shape index (κ3) is 2.71. The van der Waals surface area contributed by atoms with Gasteiger partial charge in [-0.3, -0.25) is 0 Å². The molecule has 0 atom stereocenters. The van der Waals surface area contributed by atoms with E-state index in [4.69, 9.17) is 10.5 Å². The third-order valence-electron chi connectivity index (χ3n) is 3.95. The zero-order chi connectivity index (χ0) is 14.0. The Morgan fingerprint density at radius 2 is 2.00 bits per heavy atom. The highest BCUT2D eigenvalue weighted by molar-refractivity contribution is 5.33. The summed E-state index contributed by atoms with van der Waals surface area (Å²) < 4.78 is 19.5. The van der Waals surface area contributed by atoms with Crippen LogP contribution in [0, 0.1) is 18.7 Å². The molecule has 0 bridgehead atoms. The van der Waals surface area contributed by atoms with E-state index < -0.39 is 11.4 Å². The first-order valence-corrected chi connectivity index (χ1v) is 6.92. The summed E-state index contributed by atoms with van der Waals surface area (Å²) in [5.74, 6) is 0.616. The molecule has 0 aliphatic heterocycles. The predicted molar refractivity (Wildman–Crippen MR) is 72.1 cm³/mol. The van der Waals surface area contributed by atoms with Crippen LogP contribution in [0.1, 0.15) is 51.0 Å². The fourth-order valence-electron chi connectivity index (χ4n) is 2.72. The van der Waals surface area contributed by atoms with Gasteiger partial charge in [0, 0.05) is 6.61 Å². The molecule has 2 rings (SSSR count). The molecule has 0 unspecified atom stereocenters. The van der Waals surface area contributed by atoms with E-state index >= 15 is 0 Å². The second kappa shape index (κ2) is 5.41. The highest BCUT2D eigenvalue weighted by Crippen LogP contribution is 2.41. The lowest BCUT2D eigenvalue weighted by atomic mass is 9.78. The number of nitrogen functional groups attached to an aromatic ring is 1. The number of anilines is 1. The number of hydrogen-bond acceptors (Lipinski definition) is 4. The van der Waals surface area contributed by atoms with Gasteiger partial charge in [-0.25, -0.2) is 14.4 Å². The summed E-state index contributed by atoms with van der Waals surface area (Å²) in [5, 5.41) is 0. The Morgan fingerprint density at radius 3 is 2.53 bits per heavy atom. The summed E-state index contributed by atoms with van der Waals surface area (Å²) in [4.78, 5) is 8.42. The average Bonchev–Trinajstić information content (AvgIpc) is 2.38. The number of nitrogens with two attached hydrogens (primary N) is 1. The molecule has 2 N–H and O–H groups in total. The van der Waals surface area contributed by atoms with E-state index in [1.54, 1.807) is 6.92 Å². The van der Waals surface area contributed by atoms with Gasteiger partial charge < -0.3 is 10.5 Å². The Bertz CT molecular complexity index is 433. The molecule has 0 saturated heterocycles. The number of hydrogen-bond donors (Lipinski definition) is 1. The van der Waals surface area contributed by atoms with Crippen molar-refractivity contribution in [1.82, 2.24) is 9.97 Å². The Labute approximate surface area is 113 Å². The zero-order valence-corrected chi connectivity index (χ0v) is 11.9. The highest BCUT2D eigenvalue weighted by Gasteiger charge is 2.39. The second-order valence-corrected chi connectivity index (χ2v) is 5.44. The van der Waals surface area contributed by atoms with Gasteiger partial charge in [-0.1, -0.05) is 6.92 Å². The minimum Gasteiger partial charge on any atom is -0.381 e. The summed E-state index contributed by atoms with van der Waals surface area (Å²) >= 11 is 0. The third-order valence-corrected chi connectivity index (χ3v) is 3.95. The standard InChI is InChI=1S/C14H22FN3O/c1-4-19-14(7-5-9(2)6-8-14)13-17-10(3)11(15)12(16)18-13/h9H,4-8H2,1-3H3,(H2,16,17,18). The molecule has 1 aromatic rings. The first-order valence-electron chi connectivity index (χ1n) is 6.92. The monoisotopic (exact) mass is 267 g/mol. The summed E-state index contributed by atoms with van der Waals surface area (Å²) in [5.41, 5.74) is 5.43. The van der Waals surface area contributed by atoms with E-state index in [9.17, 15) is 4.39 Å². The van der Waals surface area contributed by atoms with Gasteiger partial charge >= 0.3 is 0 Å². The lowest BCUT2D eigenvalue weighted by molar-refractivity contribution is -0.0838. The van der Waals surface area contributed by atoms with E-state index in [0.29, 0.717) is 24.0 Å². The summed E-state index contributed by atoms with van der Waals surface area (Å²) in [6.45, 7) is 6.40. The van der Waals surface area contributed by atoms with Crippen LogP contribution in [0.25, 0.3) is 0 Å². The maximum atomic E-state index is 13.6. The maximum absolute atomic E-state index is 13.6. The molecule has 1 heterocycles. The van der Waals surface area contributed by atoms with Gasteiger partial charge in [-0.05, 0) is 45.4 Å². The van der Waals surface area contributed by atoms with Crippen LogP contribution in [-0.4, -0.2) is 16.6 Å². The van der Waals surface area contributed by atoms with Crippen molar-refractivity contribution in [3.8, 4) is 0 Å². The van der Waals surface area contributed by atoms with Crippen LogP contribution in [0.5, 0.6) is 0 Å². The molecule has 19 heavy (non-hydrogen) atoms. The van der Waals surface area contributed by atoms with Crippen LogP contribution in [0.4, 0.5) is 10.2 Å². The number of nitrogens with zero attached hydrogens (tertiary/aromatic N) is 2. The largest absolute Gasteiger partial charge is 0.381 e. The number of aryl methyl sites for hydroxylation is 1. The van der Waals surface area contributed by atoms with Crippen LogP contribution in [0.2, 0.25) is 0 Å². The predicted octanol–water partition coefficient (Wildman–Crippen LogP) is 2.95. The molecular formula is C14H22FN3O. The van der Waals surface area contributed by atoms with E-state index in [1.165, 1.54) is 0 Å². The number of halogens is 1. The topological polar surface area (TPSA) is 61.0 Å². The molecule has 0 aromatic carbocycles. The minimum atomic E-state index is -0.528. The van der Waals surface area contributed by atoms with Crippen molar-refractivity contribution in [1.29, 1.82) is 0 Å².